The highest BCUT2D eigenvalue weighted by Crippen LogP contribution is 2.11. The maximum atomic E-state index is 11.6. The lowest BCUT2D eigenvalue weighted by Gasteiger charge is -2.22. The summed E-state index contributed by atoms with van der Waals surface area (Å²) in [6.45, 7) is 5.04. The van der Waals surface area contributed by atoms with Gasteiger partial charge in [-0.25, -0.2) is 0 Å². The highest BCUT2D eigenvalue weighted by Gasteiger charge is 2.14. The van der Waals surface area contributed by atoms with Crippen LogP contribution in [0.25, 0.3) is 0 Å². The number of benzene rings is 1. The summed E-state index contributed by atoms with van der Waals surface area (Å²) in [4.78, 5) is 11.6. The summed E-state index contributed by atoms with van der Waals surface area (Å²) >= 11 is 0. The van der Waals surface area contributed by atoms with Crippen LogP contribution in [0.15, 0.2) is 24.3 Å². The van der Waals surface area contributed by atoms with E-state index < -0.39 is 0 Å². The van der Waals surface area contributed by atoms with Gasteiger partial charge in [-0.05, 0) is 50.6 Å². The Morgan fingerprint density at radius 1 is 1.38 bits per heavy atom. The Bertz CT molecular complexity index is 445. The minimum absolute atomic E-state index is 0.0821. The largest absolute Gasteiger partial charge is 0.492 e. The molecule has 1 heterocycles. The molecule has 1 aromatic carbocycles. The van der Waals surface area contributed by atoms with Gasteiger partial charge < -0.3 is 20.1 Å². The Labute approximate surface area is 126 Å². The van der Waals surface area contributed by atoms with E-state index in [0.717, 1.165) is 37.2 Å². The third-order valence-electron chi connectivity index (χ3n) is 3.42. The second-order valence-corrected chi connectivity index (χ2v) is 5.28. The van der Waals surface area contributed by atoms with Gasteiger partial charge in [-0.1, -0.05) is 12.1 Å². The van der Waals surface area contributed by atoms with Crippen molar-refractivity contribution in [1.29, 1.82) is 0 Å². The molecular formula is C16H24N2O3. The molecule has 5 nitrogen and oxygen atoms in total. The Hall–Kier alpha value is -1.59. The van der Waals surface area contributed by atoms with E-state index in [9.17, 15) is 4.79 Å². The molecule has 0 spiro atoms. The maximum Gasteiger partial charge on any atom is 0.246 e. The number of ether oxygens (including phenoxy) is 2. The fourth-order valence-corrected chi connectivity index (χ4v) is 2.27. The second kappa shape index (κ2) is 8.64. The highest BCUT2D eigenvalue weighted by molar-refractivity contribution is 5.77. The van der Waals surface area contributed by atoms with Crippen LogP contribution in [-0.2, 0) is 9.53 Å². The summed E-state index contributed by atoms with van der Waals surface area (Å²) in [5.74, 6) is 0.747. The van der Waals surface area contributed by atoms with E-state index in [0.29, 0.717) is 13.2 Å². The van der Waals surface area contributed by atoms with Crippen LogP contribution in [0.2, 0.25) is 0 Å². The van der Waals surface area contributed by atoms with Crippen LogP contribution in [0.4, 0.5) is 0 Å². The highest BCUT2D eigenvalue weighted by atomic mass is 16.5. The van der Waals surface area contributed by atoms with E-state index in [1.807, 2.05) is 31.2 Å². The molecule has 116 valence electrons. The van der Waals surface area contributed by atoms with Gasteiger partial charge in [-0.15, -0.1) is 0 Å². The summed E-state index contributed by atoms with van der Waals surface area (Å²) in [6.07, 6.45) is 2.16. The Morgan fingerprint density at radius 3 is 2.95 bits per heavy atom. The van der Waals surface area contributed by atoms with Gasteiger partial charge in [-0.2, -0.15) is 0 Å². The van der Waals surface area contributed by atoms with Crippen molar-refractivity contribution >= 4 is 5.91 Å². The predicted octanol–water partition coefficient (Wildman–Crippen LogP) is 1.26. The summed E-state index contributed by atoms with van der Waals surface area (Å²) in [5, 5.41) is 6.07. The number of nitrogens with one attached hydrogen (secondary N) is 2. The van der Waals surface area contributed by atoms with E-state index in [4.69, 9.17) is 9.47 Å². The summed E-state index contributed by atoms with van der Waals surface area (Å²) in [5.41, 5.74) is 1.16. The molecular weight excluding hydrogens is 268 g/mol. The minimum atomic E-state index is -0.0821. The SMILES string of the molecule is Cc1cccc(OCCNC(=O)COC2CCNCC2)c1. The number of aryl methyl sites for hydroxylation is 1. The number of carbonyl (C=O) groups is 1. The van der Waals surface area contributed by atoms with Crippen molar-refractivity contribution in [3.05, 3.63) is 29.8 Å². The number of carbonyl (C=O) groups excluding carboxylic acids is 1. The van der Waals surface area contributed by atoms with Gasteiger partial charge in [0.05, 0.1) is 12.6 Å². The van der Waals surface area contributed by atoms with Crippen LogP contribution in [0.3, 0.4) is 0 Å². The average Bonchev–Trinajstić information content (AvgIpc) is 2.51. The number of rotatable bonds is 7. The van der Waals surface area contributed by atoms with Crippen LogP contribution in [0.5, 0.6) is 5.75 Å². The third-order valence-corrected chi connectivity index (χ3v) is 3.42. The van der Waals surface area contributed by atoms with Crippen molar-refractivity contribution in [3.8, 4) is 5.75 Å². The molecule has 1 saturated heterocycles. The zero-order chi connectivity index (χ0) is 14.9. The number of piperidine rings is 1. The van der Waals surface area contributed by atoms with E-state index in [1.54, 1.807) is 0 Å². The first kappa shape index (κ1) is 15.8. The van der Waals surface area contributed by atoms with Crippen molar-refractivity contribution in [2.45, 2.75) is 25.9 Å². The van der Waals surface area contributed by atoms with Crippen LogP contribution in [0, 0.1) is 6.92 Å². The van der Waals surface area contributed by atoms with Gasteiger partial charge in [0.2, 0.25) is 5.91 Å². The van der Waals surface area contributed by atoms with Gasteiger partial charge in [0.25, 0.3) is 0 Å². The molecule has 21 heavy (non-hydrogen) atoms. The molecule has 0 saturated carbocycles. The lowest BCUT2D eigenvalue weighted by Crippen LogP contribution is -2.36. The standard InChI is InChI=1S/C16H24N2O3/c1-13-3-2-4-15(11-13)20-10-9-18-16(19)12-21-14-5-7-17-8-6-14/h2-4,11,14,17H,5-10,12H2,1H3,(H,18,19). The van der Waals surface area contributed by atoms with Gasteiger partial charge >= 0.3 is 0 Å². The number of hydrogen-bond donors (Lipinski definition) is 2. The molecule has 0 bridgehead atoms. The fraction of sp³-hybridized carbons (Fsp3) is 0.562. The van der Waals surface area contributed by atoms with Crippen molar-refractivity contribution in [3.63, 3.8) is 0 Å². The van der Waals surface area contributed by atoms with Crippen molar-refractivity contribution < 1.29 is 14.3 Å². The molecule has 1 aromatic rings. The molecule has 1 fully saturated rings. The molecule has 0 aromatic heterocycles. The first-order chi connectivity index (χ1) is 10.2. The van der Waals surface area contributed by atoms with Gasteiger partial charge in [0.15, 0.2) is 0 Å². The van der Waals surface area contributed by atoms with Crippen LogP contribution >= 0.6 is 0 Å². The Kier molecular flexibility index (Phi) is 6.50. The average molecular weight is 292 g/mol. The molecule has 0 aliphatic carbocycles. The van der Waals surface area contributed by atoms with Crippen LogP contribution < -0.4 is 15.4 Å². The molecule has 1 amide bonds. The van der Waals surface area contributed by atoms with E-state index in [1.165, 1.54) is 0 Å². The van der Waals surface area contributed by atoms with E-state index >= 15 is 0 Å². The zero-order valence-electron chi connectivity index (χ0n) is 12.6. The van der Waals surface area contributed by atoms with Gasteiger partial charge in [0, 0.05) is 0 Å². The molecule has 1 aliphatic rings. The molecule has 0 atom stereocenters. The number of hydrogen-bond acceptors (Lipinski definition) is 4. The van der Waals surface area contributed by atoms with Crippen LogP contribution in [-0.4, -0.2) is 44.9 Å². The zero-order valence-corrected chi connectivity index (χ0v) is 12.6. The van der Waals surface area contributed by atoms with Gasteiger partial charge in [-0.3, -0.25) is 4.79 Å². The van der Waals surface area contributed by atoms with E-state index in [2.05, 4.69) is 10.6 Å². The molecule has 1 aliphatic heterocycles. The van der Waals surface area contributed by atoms with E-state index in [-0.39, 0.29) is 18.6 Å². The molecule has 0 unspecified atom stereocenters. The lowest BCUT2D eigenvalue weighted by molar-refractivity contribution is -0.128. The molecule has 0 radical (unpaired) electrons. The quantitative estimate of drug-likeness (QED) is 0.743. The summed E-state index contributed by atoms with van der Waals surface area (Å²) in [7, 11) is 0. The summed E-state index contributed by atoms with van der Waals surface area (Å²) < 4.78 is 11.2. The number of amides is 1. The van der Waals surface area contributed by atoms with Crippen molar-refractivity contribution in [2.24, 2.45) is 0 Å². The monoisotopic (exact) mass is 292 g/mol. The van der Waals surface area contributed by atoms with Gasteiger partial charge in [0.1, 0.15) is 19.0 Å². The Balaban J connectivity index is 1.54. The summed E-state index contributed by atoms with van der Waals surface area (Å²) in [6, 6.07) is 7.86. The fourth-order valence-electron chi connectivity index (χ4n) is 2.27. The predicted molar refractivity (Wildman–Crippen MR) is 81.5 cm³/mol. The minimum Gasteiger partial charge on any atom is -0.492 e. The molecule has 2 rings (SSSR count). The third kappa shape index (κ3) is 6.14. The second-order valence-electron chi connectivity index (χ2n) is 5.28. The molecule has 5 heteroatoms. The smallest absolute Gasteiger partial charge is 0.246 e. The first-order valence-electron chi connectivity index (χ1n) is 7.52. The first-order valence-corrected chi connectivity index (χ1v) is 7.52. The Morgan fingerprint density at radius 2 is 2.19 bits per heavy atom. The maximum absolute atomic E-state index is 11.6. The topological polar surface area (TPSA) is 59.6 Å². The lowest BCUT2D eigenvalue weighted by atomic mass is 10.1. The van der Waals surface area contributed by atoms with Crippen molar-refractivity contribution in [2.75, 3.05) is 32.8 Å². The molecule has 2 N–H and O–H groups in total. The van der Waals surface area contributed by atoms with Crippen molar-refractivity contribution in [1.82, 2.24) is 10.6 Å². The van der Waals surface area contributed by atoms with Crippen LogP contribution in [0.1, 0.15) is 18.4 Å². The normalized spacial score (nSPS) is 15.7.